The van der Waals surface area contributed by atoms with Crippen LogP contribution in [0.25, 0.3) is 11.2 Å². The number of allylic oxidation sites excluding steroid dienone is 4. The Labute approximate surface area is 170 Å². The van der Waals surface area contributed by atoms with E-state index in [1.54, 1.807) is 17.2 Å². The summed E-state index contributed by atoms with van der Waals surface area (Å²) in [6.07, 6.45) is 16.8. The summed E-state index contributed by atoms with van der Waals surface area (Å²) in [6, 6.07) is 4.12. The van der Waals surface area contributed by atoms with E-state index in [9.17, 15) is 4.79 Å². The summed E-state index contributed by atoms with van der Waals surface area (Å²) in [6.45, 7) is 6.04. The molecule has 0 aromatic carbocycles. The number of hydrogen-bond acceptors (Lipinski definition) is 4. The molecule has 2 aromatic rings. The molecule has 1 N–H and O–H groups in total. The molecule has 5 heterocycles. The molecule has 6 nitrogen and oxygen atoms in total. The van der Waals surface area contributed by atoms with Crippen LogP contribution in [0.1, 0.15) is 18.9 Å². The standard InChI is InChI=1S/C23H25N5O/c1-17-2-3-19-4-5-20(26-11-7-24-8-12-26)16-28(19)23(29)15-21(17)18-6-10-27-13-9-25-22(27)14-18/h3-6,9-10,13-17,24H,2,7-8,11-12H2,1H3. The van der Waals surface area contributed by atoms with Crippen molar-refractivity contribution in [2.24, 2.45) is 5.92 Å². The van der Waals surface area contributed by atoms with E-state index in [4.69, 9.17) is 0 Å². The molecule has 0 bridgehead atoms. The smallest absolute Gasteiger partial charge is 0.255 e. The second kappa shape index (κ2) is 7.37. The third-order valence-electron chi connectivity index (χ3n) is 5.91. The topological polar surface area (TPSA) is 52.9 Å². The number of aromatic nitrogens is 2. The van der Waals surface area contributed by atoms with E-state index in [0.29, 0.717) is 0 Å². The Bertz CT molecular complexity index is 1070. The fourth-order valence-electron chi connectivity index (χ4n) is 4.20. The fraction of sp³-hybridized carbons (Fsp3) is 0.304. The van der Waals surface area contributed by atoms with E-state index >= 15 is 0 Å². The van der Waals surface area contributed by atoms with Crippen LogP contribution in [0.4, 0.5) is 0 Å². The Morgan fingerprint density at radius 1 is 1.14 bits per heavy atom. The predicted octanol–water partition coefficient (Wildman–Crippen LogP) is 2.79. The summed E-state index contributed by atoms with van der Waals surface area (Å²) >= 11 is 0. The van der Waals surface area contributed by atoms with Crippen LogP contribution in [-0.4, -0.2) is 51.3 Å². The first kappa shape index (κ1) is 17.9. The molecule has 1 fully saturated rings. The van der Waals surface area contributed by atoms with E-state index in [1.165, 1.54) is 0 Å². The Morgan fingerprint density at radius 3 is 2.83 bits per heavy atom. The molecule has 0 saturated carbocycles. The first-order valence-electron chi connectivity index (χ1n) is 10.2. The van der Waals surface area contributed by atoms with Crippen molar-refractivity contribution in [3.05, 3.63) is 78.2 Å². The van der Waals surface area contributed by atoms with Gasteiger partial charge in [-0.05, 0) is 47.8 Å². The van der Waals surface area contributed by atoms with E-state index in [2.05, 4.69) is 52.5 Å². The minimum Gasteiger partial charge on any atom is -0.368 e. The van der Waals surface area contributed by atoms with E-state index < -0.39 is 0 Å². The van der Waals surface area contributed by atoms with Gasteiger partial charge >= 0.3 is 0 Å². The van der Waals surface area contributed by atoms with Crippen LogP contribution in [0.2, 0.25) is 0 Å². The normalized spacial score (nSPS) is 22.6. The third kappa shape index (κ3) is 3.40. The lowest BCUT2D eigenvalue weighted by Crippen LogP contribution is -2.43. The number of carbonyl (C=O) groups is 1. The van der Waals surface area contributed by atoms with E-state index in [1.807, 2.05) is 23.0 Å². The Kier molecular flexibility index (Phi) is 4.56. The van der Waals surface area contributed by atoms with Crippen molar-refractivity contribution in [1.29, 1.82) is 0 Å². The monoisotopic (exact) mass is 387 g/mol. The molecule has 5 rings (SSSR count). The molecule has 0 radical (unpaired) electrons. The molecule has 1 unspecified atom stereocenters. The van der Waals surface area contributed by atoms with Gasteiger partial charge in [0.05, 0.1) is 5.70 Å². The fourth-order valence-corrected chi connectivity index (χ4v) is 4.20. The minimum atomic E-state index is -0.00185. The molecule has 3 aliphatic rings. The van der Waals surface area contributed by atoms with Crippen molar-refractivity contribution in [1.82, 2.24) is 24.5 Å². The average Bonchev–Trinajstić information content (AvgIpc) is 3.23. The Hall–Kier alpha value is -3.12. The zero-order valence-corrected chi connectivity index (χ0v) is 16.6. The first-order chi connectivity index (χ1) is 14.2. The number of hydrogen-bond donors (Lipinski definition) is 1. The summed E-state index contributed by atoms with van der Waals surface area (Å²) in [5, 5.41) is 3.38. The second-order valence-corrected chi connectivity index (χ2v) is 7.81. The summed E-state index contributed by atoms with van der Waals surface area (Å²) in [5.41, 5.74) is 5.06. The molecule has 148 valence electrons. The summed E-state index contributed by atoms with van der Waals surface area (Å²) in [7, 11) is 0. The van der Waals surface area contributed by atoms with Gasteiger partial charge in [-0.3, -0.25) is 9.69 Å². The summed E-state index contributed by atoms with van der Waals surface area (Å²) in [4.78, 5) is 21.8. The number of nitrogens with zero attached hydrogens (tertiary/aromatic N) is 4. The van der Waals surface area contributed by atoms with Gasteiger partial charge in [-0.25, -0.2) is 4.98 Å². The van der Waals surface area contributed by atoms with Crippen LogP contribution in [0.15, 0.2) is 72.6 Å². The molecule has 1 amide bonds. The van der Waals surface area contributed by atoms with Crippen molar-refractivity contribution in [3.63, 3.8) is 0 Å². The van der Waals surface area contributed by atoms with Crippen molar-refractivity contribution >= 4 is 17.1 Å². The highest BCUT2D eigenvalue weighted by Gasteiger charge is 2.24. The zero-order chi connectivity index (χ0) is 19.8. The minimum absolute atomic E-state index is 0.00185. The molecular weight excluding hydrogens is 362 g/mol. The van der Waals surface area contributed by atoms with Crippen molar-refractivity contribution in [3.8, 4) is 0 Å². The zero-order valence-electron chi connectivity index (χ0n) is 16.6. The van der Waals surface area contributed by atoms with Crippen LogP contribution in [-0.2, 0) is 4.79 Å². The van der Waals surface area contributed by atoms with Gasteiger partial charge in [0.25, 0.3) is 5.91 Å². The lowest BCUT2D eigenvalue weighted by atomic mass is 9.89. The van der Waals surface area contributed by atoms with Gasteiger partial charge in [0.1, 0.15) is 5.65 Å². The maximum Gasteiger partial charge on any atom is 0.255 e. The van der Waals surface area contributed by atoms with Crippen LogP contribution < -0.4 is 5.32 Å². The Balaban J connectivity index is 1.49. The first-order valence-corrected chi connectivity index (χ1v) is 10.2. The highest BCUT2D eigenvalue weighted by molar-refractivity contribution is 5.98. The van der Waals surface area contributed by atoms with Gasteiger partial charge in [-0.15, -0.1) is 0 Å². The molecule has 2 aromatic heterocycles. The van der Waals surface area contributed by atoms with Crippen LogP contribution in [0.5, 0.6) is 0 Å². The van der Waals surface area contributed by atoms with Gasteiger partial charge in [0.15, 0.2) is 0 Å². The quantitative estimate of drug-likeness (QED) is 0.861. The molecule has 1 atom stereocenters. The lowest BCUT2D eigenvalue weighted by molar-refractivity contribution is -0.122. The lowest BCUT2D eigenvalue weighted by Gasteiger charge is -2.34. The van der Waals surface area contributed by atoms with Gasteiger partial charge in [0.2, 0.25) is 0 Å². The largest absolute Gasteiger partial charge is 0.368 e. The number of carbonyl (C=O) groups excluding carboxylic acids is 1. The van der Waals surface area contributed by atoms with Crippen LogP contribution in [0, 0.1) is 5.92 Å². The molecule has 29 heavy (non-hydrogen) atoms. The van der Waals surface area contributed by atoms with Gasteiger partial charge in [-0.2, -0.15) is 0 Å². The molecule has 0 aliphatic carbocycles. The number of fused-ring (bicyclic) bond motifs is 2. The van der Waals surface area contributed by atoms with E-state index in [-0.39, 0.29) is 11.8 Å². The van der Waals surface area contributed by atoms with E-state index in [0.717, 1.165) is 60.8 Å². The highest BCUT2D eigenvalue weighted by Crippen LogP contribution is 2.31. The number of amides is 1. The van der Waals surface area contributed by atoms with Gasteiger partial charge in [-0.1, -0.05) is 13.0 Å². The maximum absolute atomic E-state index is 13.3. The van der Waals surface area contributed by atoms with Crippen molar-refractivity contribution < 1.29 is 4.79 Å². The SMILES string of the molecule is CC1CC=C2C=CC(N3CCNCC3)=CN2C(=O)C=C1c1ccn2ccnc2c1. The highest BCUT2D eigenvalue weighted by atomic mass is 16.2. The Morgan fingerprint density at radius 2 is 1.97 bits per heavy atom. The summed E-state index contributed by atoms with van der Waals surface area (Å²) in [5.74, 6) is 0.246. The van der Waals surface area contributed by atoms with Crippen LogP contribution >= 0.6 is 0 Å². The number of rotatable bonds is 2. The number of pyridine rings is 1. The predicted molar refractivity (Wildman–Crippen MR) is 114 cm³/mol. The molecule has 0 spiro atoms. The number of nitrogens with one attached hydrogen (secondary N) is 1. The second-order valence-electron chi connectivity index (χ2n) is 7.81. The van der Waals surface area contributed by atoms with Crippen molar-refractivity contribution in [2.75, 3.05) is 26.2 Å². The van der Waals surface area contributed by atoms with Crippen LogP contribution in [0.3, 0.4) is 0 Å². The molecule has 3 aliphatic heterocycles. The van der Waals surface area contributed by atoms with Gasteiger partial charge in [0, 0.05) is 62.7 Å². The van der Waals surface area contributed by atoms with Gasteiger partial charge < -0.3 is 14.6 Å². The average molecular weight is 387 g/mol. The van der Waals surface area contributed by atoms with Crippen molar-refractivity contribution in [2.45, 2.75) is 13.3 Å². The molecular formula is C23H25N5O. The number of imidazole rings is 1. The third-order valence-corrected chi connectivity index (χ3v) is 5.91. The summed E-state index contributed by atoms with van der Waals surface area (Å²) < 4.78 is 1.98. The molecule has 6 heteroatoms. The maximum atomic E-state index is 13.3. The molecule has 1 saturated heterocycles. The number of piperazine rings is 1.